The molecule has 1 N–H and O–H groups in total. The lowest BCUT2D eigenvalue weighted by Crippen LogP contribution is -2.41. The van der Waals surface area contributed by atoms with Crippen LogP contribution in [0.2, 0.25) is 5.02 Å². The van der Waals surface area contributed by atoms with Gasteiger partial charge in [-0.15, -0.1) is 0 Å². The molecule has 15 heavy (non-hydrogen) atoms. The highest BCUT2D eigenvalue weighted by atomic mass is 35.5. The molecule has 2 rings (SSSR count). The monoisotopic (exact) mass is 224 g/mol. The van der Waals surface area contributed by atoms with E-state index in [-0.39, 0.29) is 0 Å². The van der Waals surface area contributed by atoms with Crippen LogP contribution in [0.25, 0.3) is 0 Å². The highest BCUT2D eigenvalue weighted by molar-refractivity contribution is 6.31. The van der Waals surface area contributed by atoms with E-state index in [1.807, 2.05) is 12.1 Å². The Morgan fingerprint density at radius 3 is 2.93 bits per heavy atom. The Labute approximate surface area is 96.2 Å². The first-order chi connectivity index (χ1) is 7.13. The SMILES string of the molecule is CCC1CNc2cc(Cl)cc(C)c2N1C. The highest BCUT2D eigenvalue weighted by Crippen LogP contribution is 2.36. The minimum Gasteiger partial charge on any atom is -0.381 e. The van der Waals surface area contributed by atoms with E-state index in [9.17, 15) is 0 Å². The van der Waals surface area contributed by atoms with Crippen molar-refractivity contribution in [3.63, 3.8) is 0 Å². The quantitative estimate of drug-likeness (QED) is 0.788. The summed E-state index contributed by atoms with van der Waals surface area (Å²) in [6, 6.07) is 4.61. The Morgan fingerprint density at radius 1 is 1.53 bits per heavy atom. The average Bonchev–Trinajstić information content (AvgIpc) is 2.17. The van der Waals surface area contributed by atoms with Gasteiger partial charge in [0.25, 0.3) is 0 Å². The summed E-state index contributed by atoms with van der Waals surface area (Å²) < 4.78 is 0. The molecule has 0 fully saturated rings. The van der Waals surface area contributed by atoms with Crippen LogP contribution in [0.1, 0.15) is 18.9 Å². The standard InChI is InChI=1S/C12H17ClN2/c1-4-10-7-14-11-6-9(13)5-8(2)12(11)15(10)3/h5-6,10,14H,4,7H2,1-3H3. The van der Waals surface area contributed by atoms with Gasteiger partial charge in [-0.05, 0) is 31.0 Å². The molecule has 0 aromatic heterocycles. The van der Waals surface area contributed by atoms with Crippen LogP contribution in [0.5, 0.6) is 0 Å². The van der Waals surface area contributed by atoms with Crippen LogP contribution in [0, 0.1) is 6.92 Å². The van der Waals surface area contributed by atoms with Crippen LogP contribution >= 0.6 is 11.6 Å². The maximum atomic E-state index is 6.04. The second-order valence-corrected chi connectivity index (χ2v) is 4.61. The summed E-state index contributed by atoms with van der Waals surface area (Å²) in [5.74, 6) is 0. The molecule has 1 unspecified atom stereocenters. The molecule has 0 saturated carbocycles. The number of halogens is 1. The van der Waals surface area contributed by atoms with Crippen molar-refractivity contribution < 1.29 is 0 Å². The van der Waals surface area contributed by atoms with E-state index in [0.717, 1.165) is 23.7 Å². The molecule has 1 aromatic carbocycles. The predicted octanol–water partition coefficient (Wildman–Crippen LogP) is 3.29. The van der Waals surface area contributed by atoms with E-state index in [4.69, 9.17) is 11.6 Å². The van der Waals surface area contributed by atoms with E-state index >= 15 is 0 Å². The molecule has 3 heteroatoms. The van der Waals surface area contributed by atoms with Crippen LogP contribution in [-0.2, 0) is 0 Å². The summed E-state index contributed by atoms with van der Waals surface area (Å²) in [5, 5.41) is 4.26. The van der Waals surface area contributed by atoms with Crippen molar-refractivity contribution in [1.29, 1.82) is 0 Å². The van der Waals surface area contributed by atoms with Gasteiger partial charge >= 0.3 is 0 Å². The van der Waals surface area contributed by atoms with Gasteiger partial charge in [-0.25, -0.2) is 0 Å². The number of nitrogens with one attached hydrogen (secondary N) is 1. The Hall–Kier alpha value is -0.890. The second kappa shape index (κ2) is 3.93. The molecule has 0 amide bonds. The van der Waals surface area contributed by atoms with Gasteiger partial charge in [-0.3, -0.25) is 0 Å². The third-order valence-electron chi connectivity index (χ3n) is 3.17. The lowest BCUT2D eigenvalue weighted by Gasteiger charge is -2.37. The smallest absolute Gasteiger partial charge is 0.0633 e. The zero-order chi connectivity index (χ0) is 11.0. The van der Waals surface area contributed by atoms with Gasteiger partial charge in [0.15, 0.2) is 0 Å². The Kier molecular flexibility index (Phi) is 2.79. The second-order valence-electron chi connectivity index (χ2n) is 4.17. The van der Waals surface area contributed by atoms with Gasteiger partial charge in [-0.1, -0.05) is 18.5 Å². The van der Waals surface area contributed by atoms with Gasteiger partial charge in [0, 0.05) is 24.7 Å². The molecule has 1 aliphatic heterocycles. The number of hydrogen-bond donors (Lipinski definition) is 1. The summed E-state index contributed by atoms with van der Waals surface area (Å²) in [6.07, 6.45) is 1.16. The first-order valence-electron chi connectivity index (χ1n) is 5.40. The molecule has 0 aliphatic carbocycles. The Morgan fingerprint density at radius 2 is 2.27 bits per heavy atom. The lowest BCUT2D eigenvalue weighted by molar-refractivity contribution is 0.621. The number of rotatable bonds is 1. The number of aryl methyl sites for hydroxylation is 1. The average molecular weight is 225 g/mol. The van der Waals surface area contributed by atoms with E-state index in [1.54, 1.807) is 0 Å². The number of nitrogens with zero attached hydrogens (tertiary/aromatic N) is 1. The fourth-order valence-corrected chi connectivity index (χ4v) is 2.58. The van der Waals surface area contributed by atoms with Crippen molar-refractivity contribution in [3.8, 4) is 0 Å². The molecule has 2 nitrogen and oxygen atoms in total. The van der Waals surface area contributed by atoms with Gasteiger partial charge in [0.1, 0.15) is 0 Å². The highest BCUT2D eigenvalue weighted by Gasteiger charge is 2.23. The van der Waals surface area contributed by atoms with E-state index < -0.39 is 0 Å². The molecule has 1 aromatic rings. The van der Waals surface area contributed by atoms with E-state index in [0.29, 0.717) is 6.04 Å². The van der Waals surface area contributed by atoms with Gasteiger partial charge in [0.05, 0.1) is 11.4 Å². The molecule has 1 atom stereocenters. The Balaban J connectivity index is 2.47. The number of benzene rings is 1. The van der Waals surface area contributed by atoms with Crippen LogP contribution in [-0.4, -0.2) is 19.6 Å². The summed E-state index contributed by atoms with van der Waals surface area (Å²) in [4.78, 5) is 2.36. The molecule has 0 spiro atoms. The molecular weight excluding hydrogens is 208 g/mol. The van der Waals surface area contributed by atoms with Crippen molar-refractivity contribution in [2.24, 2.45) is 0 Å². The minimum absolute atomic E-state index is 0.581. The normalized spacial score (nSPS) is 19.7. The van der Waals surface area contributed by atoms with Crippen molar-refractivity contribution in [1.82, 2.24) is 0 Å². The molecule has 0 bridgehead atoms. The third kappa shape index (κ3) is 1.78. The predicted molar refractivity (Wildman–Crippen MR) is 67.2 cm³/mol. The molecule has 1 heterocycles. The summed E-state index contributed by atoms with van der Waals surface area (Å²) in [7, 11) is 2.16. The van der Waals surface area contributed by atoms with Crippen LogP contribution in [0.3, 0.4) is 0 Å². The van der Waals surface area contributed by atoms with Crippen molar-refractivity contribution in [3.05, 3.63) is 22.7 Å². The topological polar surface area (TPSA) is 15.3 Å². The Bertz CT molecular complexity index is 376. The lowest BCUT2D eigenvalue weighted by atomic mass is 10.0. The first-order valence-corrected chi connectivity index (χ1v) is 5.78. The van der Waals surface area contributed by atoms with Crippen LogP contribution < -0.4 is 10.2 Å². The molecule has 1 aliphatic rings. The maximum absolute atomic E-state index is 6.04. The summed E-state index contributed by atoms with van der Waals surface area (Å²) >= 11 is 6.04. The minimum atomic E-state index is 0.581. The molecule has 0 radical (unpaired) electrons. The summed E-state index contributed by atoms with van der Waals surface area (Å²) in [5.41, 5.74) is 3.69. The van der Waals surface area contributed by atoms with Gasteiger partial charge in [0.2, 0.25) is 0 Å². The van der Waals surface area contributed by atoms with Crippen molar-refractivity contribution >= 4 is 23.0 Å². The first kappa shape index (κ1) is 10.6. The number of hydrogen-bond acceptors (Lipinski definition) is 2. The zero-order valence-electron chi connectivity index (χ0n) is 9.47. The molecule has 82 valence electrons. The largest absolute Gasteiger partial charge is 0.381 e. The van der Waals surface area contributed by atoms with Crippen molar-refractivity contribution in [2.75, 3.05) is 23.8 Å². The molecule has 0 saturated heterocycles. The van der Waals surface area contributed by atoms with Crippen LogP contribution in [0.4, 0.5) is 11.4 Å². The van der Waals surface area contributed by atoms with E-state index in [1.165, 1.54) is 11.3 Å². The number of likely N-dealkylation sites (N-methyl/N-ethyl adjacent to an activating group) is 1. The molecular formula is C12H17ClN2. The fourth-order valence-electron chi connectivity index (χ4n) is 2.30. The van der Waals surface area contributed by atoms with Gasteiger partial charge in [-0.2, -0.15) is 0 Å². The summed E-state index contributed by atoms with van der Waals surface area (Å²) in [6.45, 7) is 5.33. The number of fused-ring (bicyclic) bond motifs is 1. The maximum Gasteiger partial charge on any atom is 0.0633 e. The number of anilines is 2. The van der Waals surface area contributed by atoms with Crippen LogP contribution in [0.15, 0.2) is 12.1 Å². The zero-order valence-corrected chi connectivity index (χ0v) is 10.2. The fraction of sp³-hybridized carbons (Fsp3) is 0.500. The van der Waals surface area contributed by atoms with Gasteiger partial charge < -0.3 is 10.2 Å². The third-order valence-corrected chi connectivity index (χ3v) is 3.38. The van der Waals surface area contributed by atoms with Crippen molar-refractivity contribution in [2.45, 2.75) is 26.3 Å². The van der Waals surface area contributed by atoms with E-state index in [2.05, 4.69) is 31.1 Å².